The first-order valence-electron chi connectivity index (χ1n) is 30.0. The van der Waals surface area contributed by atoms with Gasteiger partial charge in [0, 0.05) is 38.2 Å². The lowest BCUT2D eigenvalue weighted by molar-refractivity contribution is -0.131. The molecule has 9 aromatic rings. The molecule has 10 heteroatoms. The predicted molar refractivity (Wildman–Crippen MR) is 378 cm³/mol. The second-order valence-corrected chi connectivity index (χ2v) is 15.4. The Morgan fingerprint density at radius 3 is 0.750 bits per heavy atom. The quantitative estimate of drug-likeness (QED) is 0.0747. The Bertz CT molecular complexity index is 2680. The molecular weight excluding hydrogens is 1090 g/mol. The fraction of sp³-hybridized carbons (Fsp3) is 0.256. The van der Waals surface area contributed by atoms with Crippen molar-refractivity contribution in [1.29, 1.82) is 0 Å². The van der Waals surface area contributed by atoms with Crippen molar-refractivity contribution < 1.29 is 42.7 Å². The van der Waals surface area contributed by atoms with Gasteiger partial charge in [0.25, 0.3) is 0 Å². The number of methoxy groups -OCH3 is 6. The number of carbonyl (C=O) groups is 2. The molecule has 9 aromatic carbocycles. The van der Waals surface area contributed by atoms with Crippen LogP contribution in [-0.2, 0) is 19.0 Å². The van der Waals surface area contributed by atoms with Crippen molar-refractivity contribution in [3.63, 3.8) is 0 Å². The van der Waals surface area contributed by atoms with E-state index in [1.165, 1.54) is 43.4 Å². The van der Waals surface area contributed by atoms with Gasteiger partial charge in [-0.2, -0.15) is 0 Å². The maximum Gasteiger partial charge on any atom is 0.507 e. The number of esters is 1. The lowest BCUT2D eigenvalue weighted by Gasteiger charge is -2.25. The third-order valence-electron chi connectivity index (χ3n) is 9.94. The summed E-state index contributed by atoms with van der Waals surface area (Å²) < 4.78 is 31.8. The van der Waals surface area contributed by atoms with Crippen LogP contribution in [0.3, 0.4) is 0 Å². The number of carbonyl (C=O) groups excluding carboxylic acids is 2. The van der Waals surface area contributed by atoms with E-state index >= 15 is 0 Å². The SMILES string of the molecule is C(=C(c1ccccc1)c1ccccc1)c1ccc(N(c2ccccc2)c2ccccc2)cc1.CC.CC.CC.CC.CC.CC.CC(=O)Oc1ccccc1.COC.COC(=O)OC.COc1ccccc1.COc1ccccc1.COc1ccccc1. The Hall–Kier alpha value is -9.38. The van der Waals surface area contributed by atoms with Crippen LogP contribution < -0.4 is 23.8 Å². The second kappa shape index (κ2) is 63.6. The van der Waals surface area contributed by atoms with E-state index in [-0.39, 0.29) is 5.97 Å². The molecule has 0 amide bonds. The average Bonchev–Trinajstić information content (AvgIpc) is 3.71. The number of hydrogen-bond donors (Lipinski definition) is 0. The Morgan fingerprint density at radius 1 is 0.307 bits per heavy atom. The van der Waals surface area contributed by atoms with Crippen LogP contribution in [-0.4, -0.2) is 61.9 Å². The summed E-state index contributed by atoms with van der Waals surface area (Å²) in [6.45, 7) is 25.4. The zero-order chi connectivity index (χ0) is 66.9. The fourth-order valence-electron chi connectivity index (χ4n) is 6.46. The highest BCUT2D eigenvalue weighted by Gasteiger charge is 2.12. The molecule has 0 saturated heterocycles. The molecular formula is C78H105NO9. The molecule has 0 spiro atoms. The normalized spacial score (nSPS) is 8.36. The van der Waals surface area contributed by atoms with Gasteiger partial charge < -0.3 is 38.1 Å². The summed E-state index contributed by atoms with van der Waals surface area (Å²) in [5.41, 5.74) is 8.22. The maximum atomic E-state index is 10.4. The number of benzene rings is 9. The van der Waals surface area contributed by atoms with Gasteiger partial charge in [0.1, 0.15) is 23.0 Å². The van der Waals surface area contributed by atoms with E-state index in [1.807, 2.05) is 192 Å². The molecule has 0 atom stereocenters. The average molecular weight is 1200 g/mol. The van der Waals surface area contributed by atoms with Gasteiger partial charge in [0.15, 0.2) is 0 Å². The van der Waals surface area contributed by atoms with E-state index in [0.717, 1.165) is 34.3 Å². The highest BCUT2D eigenvalue weighted by Crippen LogP contribution is 2.35. The Morgan fingerprint density at radius 2 is 0.534 bits per heavy atom. The van der Waals surface area contributed by atoms with Crippen LogP contribution in [0.1, 0.15) is 107 Å². The zero-order valence-corrected chi connectivity index (χ0v) is 56.6. The molecule has 0 radical (unpaired) electrons. The number of nitrogens with zero attached hydrogens (tertiary/aromatic N) is 1. The predicted octanol–water partition coefficient (Wildman–Crippen LogP) is 22.3. The topological polar surface area (TPSA) is 102 Å². The van der Waals surface area contributed by atoms with Crippen LogP contribution in [0, 0.1) is 0 Å². The van der Waals surface area contributed by atoms with Crippen LogP contribution in [0.5, 0.6) is 23.0 Å². The first-order valence-corrected chi connectivity index (χ1v) is 30.0. The molecule has 0 unspecified atom stereocenters. The summed E-state index contributed by atoms with van der Waals surface area (Å²) in [7, 11) is 10.7. The van der Waals surface area contributed by atoms with Crippen LogP contribution >= 0.6 is 0 Å². The molecule has 0 saturated carbocycles. The van der Waals surface area contributed by atoms with E-state index in [4.69, 9.17) is 18.9 Å². The minimum Gasteiger partial charge on any atom is -0.497 e. The van der Waals surface area contributed by atoms with Crippen LogP contribution in [0.4, 0.5) is 21.9 Å². The van der Waals surface area contributed by atoms with Crippen molar-refractivity contribution in [2.75, 3.05) is 54.7 Å². The number of rotatable bonds is 10. The smallest absolute Gasteiger partial charge is 0.497 e. The van der Waals surface area contributed by atoms with Crippen LogP contribution in [0.25, 0.3) is 11.6 Å². The minimum atomic E-state index is -0.657. The highest BCUT2D eigenvalue weighted by molar-refractivity contribution is 5.91. The van der Waals surface area contributed by atoms with E-state index < -0.39 is 6.16 Å². The molecule has 0 aliphatic heterocycles. The molecule has 476 valence electrons. The largest absolute Gasteiger partial charge is 0.507 e. The molecule has 0 aliphatic carbocycles. The van der Waals surface area contributed by atoms with Gasteiger partial charge in [-0.05, 0) is 113 Å². The van der Waals surface area contributed by atoms with E-state index in [1.54, 1.807) is 47.7 Å². The van der Waals surface area contributed by atoms with E-state index in [0.29, 0.717) is 5.75 Å². The molecule has 9 rings (SSSR count). The first-order chi connectivity index (χ1) is 43.2. The van der Waals surface area contributed by atoms with Gasteiger partial charge in [-0.1, -0.05) is 265 Å². The van der Waals surface area contributed by atoms with Gasteiger partial charge >= 0.3 is 12.1 Å². The molecule has 0 bridgehead atoms. The number of ether oxygens (including phenoxy) is 7. The van der Waals surface area contributed by atoms with Gasteiger partial charge in [-0.3, -0.25) is 4.79 Å². The number of hydrogen-bond acceptors (Lipinski definition) is 10. The Kier molecular flexibility index (Phi) is 61.5. The van der Waals surface area contributed by atoms with Gasteiger partial charge in [0.05, 0.1) is 35.5 Å². The van der Waals surface area contributed by atoms with Crippen molar-refractivity contribution in [1.82, 2.24) is 0 Å². The Labute approximate surface area is 532 Å². The van der Waals surface area contributed by atoms with Crippen LogP contribution in [0.2, 0.25) is 0 Å². The number of anilines is 3. The lowest BCUT2D eigenvalue weighted by Crippen LogP contribution is -2.09. The van der Waals surface area contributed by atoms with Gasteiger partial charge in [-0.15, -0.1) is 0 Å². The first kappa shape index (κ1) is 85.1. The summed E-state index contributed by atoms with van der Waals surface area (Å²) in [6.07, 6.45) is 1.61. The maximum absolute atomic E-state index is 10.4. The summed E-state index contributed by atoms with van der Waals surface area (Å²) in [5.74, 6) is 3.04. The molecule has 0 aromatic heterocycles. The van der Waals surface area contributed by atoms with Crippen molar-refractivity contribution in [3.05, 3.63) is 284 Å². The third kappa shape index (κ3) is 41.6. The van der Waals surface area contributed by atoms with Crippen molar-refractivity contribution in [2.24, 2.45) is 0 Å². The standard InChI is InChI=1S/C32H25N.C8H8O2.3C7H8O.C3H6O3.C2H6O.6C2H6/c1-5-13-27(14-6-1)32(28-15-7-2-8-16-28)25-26-21-23-31(24-22-26)33(29-17-9-3-10-18-29)30-19-11-4-12-20-30;1-7(9)10-8-5-3-2-4-6-8;3*1-8-7-5-3-2-4-6-7;1-5-3(4)6-2;1-3-2;6*1-2/h1-25H;2-6H,1H3;3*2-6H,1H3;1-2H3;1-2H3;6*1-2H3. The molecule has 10 nitrogen and oxygen atoms in total. The summed E-state index contributed by atoms with van der Waals surface area (Å²) >= 11 is 0. The van der Waals surface area contributed by atoms with Crippen molar-refractivity contribution in [3.8, 4) is 23.0 Å². The highest BCUT2D eigenvalue weighted by atomic mass is 16.7. The van der Waals surface area contributed by atoms with Crippen molar-refractivity contribution >= 4 is 40.8 Å². The molecule has 0 N–H and O–H groups in total. The lowest BCUT2D eigenvalue weighted by atomic mass is 9.95. The molecule has 88 heavy (non-hydrogen) atoms. The van der Waals surface area contributed by atoms with Gasteiger partial charge in [0.2, 0.25) is 0 Å². The van der Waals surface area contributed by atoms with Crippen molar-refractivity contribution in [2.45, 2.75) is 90.0 Å². The summed E-state index contributed by atoms with van der Waals surface area (Å²) in [5, 5.41) is 0. The minimum absolute atomic E-state index is 0.286. The third-order valence-corrected chi connectivity index (χ3v) is 9.94. The fourth-order valence-corrected chi connectivity index (χ4v) is 6.46. The Balaban J connectivity index is -0.000000527. The zero-order valence-electron chi connectivity index (χ0n) is 56.6. The molecule has 0 aliphatic rings. The van der Waals surface area contributed by atoms with Gasteiger partial charge in [-0.25, -0.2) is 4.79 Å². The molecule has 0 fully saturated rings. The monoisotopic (exact) mass is 1200 g/mol. The summed E-state index contributed by atoms with van der Waals surface area (Å²) in [4.78, 5) is 22.4. The molecule has 0 heterocycles. The van der Waals surface area contributed by atoms with E-state index in [9.17, 15) is 9.59 Å². The number of para-hydroxylation sites is 6. The van der Waals surface area contributed by atoms with Crippen LogP contribution in [0.15, 0.2) is 267 Å². The van der Waals surface area contributed by atoms with E-state index in [2.05, 4.69) is 171 Å². The summed E-state index contributed by atoms with van der Waals surface area (Å²) in [6, 6.07) is 88.9. The second-order valence-electron chi connectivity index (χ2n) is 15.4.